The van der Waals surface area contributed by atoms with E-state index >= 15 is 0 Å². The molecule has 1 aromatic carbocycles. The minimum absolute atomic E-state index is 0.216. The molecule has 0 radical (unpaired) electrons. The van der Waals surface area contributed by atoms with E-state index < -0.39 is 11.7 Å². The monoisotopic (exact) mass is 340 g/mol. The summed E-state index contributed by atoms with van der Waals surface area (Å²) in [5.41, 5.74) is 0.209. The number of aromatic amines is 1. The van der Waals surface area contributed by atoms with Crippen molar-refractivity contribution in [2.45, 2.75) is 32.0 Å². The first-order chi connectivity index (χ1) is 11.4. The maximum Gasteiger partial charge on any atom is 0.416 e. The number of imidazole rings is 1. The predicted molar refractivity (Wildman–Crippen MR) is 83.2 cm³/mol. The molecule has 5 nitrogen and oxygen atoms in total. The zero-order valence-corrected chi connectivity index (χ0v) is 13.1. The van der Waals surface area contributed by atoms with Crippen molar-refractivity contribution in [1.82, 2.24) is 20.2 Å². The van der Waals surface area contributed by atoms with Gasteiger partial charge in [0, 0.05) is 19.5 Å². The van der Waals surface area contributed by atoms with Gasteiger partial charge in [-0.1, -0.05) is 0 Å². The molecule has 0 unspecified atom stereocenters. The molecule has 2 heterocycles. The lowest BCUT2D eigenvalue weighted by Gasteiger charge is -2.14. The first kappa shape index (κ1) is 16.8. The lowest BCUT2D eigenvalue weighted by molar-refractivity contribution is -0.137. The third kappa shape index (κ3) is 3.87. The number of fused-ring (bicyclic) bond motifs is 1. The van der Waals surface area contributed by atoms with Crippen LogP contribution in [0, 0.1) is 0 Å². The molecule has 1 aliphatic heterocycles. The second-order valence-electron chi connectivity index (χ2n) is 5.93. The smallest absolute Gasteiger partial charge is 0.343 e. The maximum atomic E-state index is 12.7. The summed E-state index contributed by atoms with van der Waals surface area (Å²) in [6.45, 7) is 2.74. The number of amides is 1. The summed E-state index contributed by atoms with van der Waals surface area (Å²) < 4.78 is 38.1. The molecule has 24 heavy (non-hydrogen) atoms. The van der Waals surface area contributed by atoms with E-state index in [2.05, 4.69) is 15.3 Å². The van der Waals surface area contributed by atoms with Gasteiger partial charge in [-0.05, 0) is 37.6 Å². The Morgan fingerprint density at radius 1 is 1.33 bits per heavy atom. The average molecular weight is 340 g/mol. The van der Waals surface area contributed by atoms with Crippen molar-refractivity contribution in [1.29, 1.82) is 0 Å². The number of rotatable bonds is 6. The van der Waals surface area contributed by atoms with Crippen LogP contribution in [0.3, 0.4) is 0 Å². The Hall–Kier alpha value is -2.09. The Balaban J connectivity index is 1.49. The standard InChI is InChI=1S/C16H19F3N4O/c17-16(18,19)11-4-5-12-13(9-11)22-14(21-12)10-20-6-2-8-23-7-1-3-15(23)24/h4-5,9,20H,1-3,6-8,10H2,(H,21,22). The van der Waals surface area contributed by atoms with Crippen LogP contribution in [0.15, 0.2) is 18.2 Å². The summed E-state index contributed by atoms with van der Waals surface area (Å²) in [4.78, 5) is 20.5. The van der Waals surface area contributed by atoms with E-state index in [-0.39, 0.29) is 5.91 Å². The second kappa shape index (κ2) is 6.80. The van der Waals surface area contributed by atoms with Crippen LogP contribution in [0.25, 0.3) is 11.0 Å². The molecule has 2 N–H and O–H groups in total. The van der Waals surface area contributed by atoms with E-state index in [4.69, 9.17) is 0 Å². The molecule has 0 aliphatic carbocycles. The van der Waals surface area contributed by atoms with Gasteiger partial charge in [0.05, 0.1) is 23.1 Å². The Morgan fingerprint density at radius 3 is 2.88 bits per heavy atom. The lowest BCUT2D eigenvalue weighted by Crippen LogP contribution is -2.28. The summed E-state index contributed by atoms with van der Waals surface area (Å²) in [5.74, 6) is 0.814. The van der Waals surface area contributed by atoms with Crippen molar-refractivity contribution in [3.8, 4) is 0 Å². The van der Waals surface area contributed by atoms with Gasteiger partial charge in [-0.2, -0.15) is 13.2 Å². The molecule has 1 aromatic heterocycles. The van der Waals surface area contributed by atoms with Gasteiger partial charge in [-0.3, -0.25) is 4.79 Å². The molecule has 8 heteroatoms. The van der Waals surface area contributed by atoms with E-state index in [0.29, 0.717) is 36.4 Å². The Labute approximate surface area is 137 Å². The highest BCUT2D eigenvalue weighted by molar-refractivity contribution is 5.78. The number of H-pyrrole nitrogens is 1. The highest BCUT2D eigenvalue weighted by Crippen LogP contribution is 2.30. The topological polar surface area (TPSA) is 61.0 Å². The van der Waals surface area contributed by atoms with Crippen LogP contribution in [0.4, 0.5) is 13.2 Å². The number of likely N-dealkylation sites (tertiary alicyclic amines) is 1. The average Bonchev–Trinajstić information content (AvgIpc) is 3.11. The van der Waals surface area contributed by atoms with E-state index in [1.54, 1.807) is 0 Å². The number of benzene rings is 1. The van der Waals surface area contributed by atoms with Crippen LogP contribution in [0.5, 0.6) is 0 Å². The summed E-state index contributed by atoms with van der Waals surface area (Å²) in [6, 6.07) is 3.48. The summed E-state index contributed by atoms with van der Waals surface area (Å²) in [5, 5.41) is 3.19. The lowest BCUT2D eigenvalue weighted by atomic mass is 10.2. The van der Waals surface area contributed by atoms with Crippen molar-refractivity contribution in [3.05, 3.63) is 29.6 Å². The third-order valence-corrected chi connectivity index (χ3v) is 4.10. The molecule has 1 saturated heterocycles. The van der Waals surface area contributed by atoms with Gasteiger partial charge < -0.3 is 15.2 Å². The number of halogens is 3. The number of nitrogens with one attached hydrogen (secondary N) is 2. The van der Waals surface area contributed by atoms with Crippen molar-refractivity contribution in [2.24, 2.45) is 0 Å². The maximum absolute atomic E-state index is 12.7. The van der Waals surface area contributed by atoms with Crippen LogP contribution >= 0.6 is 0 Å². The predicted octanol–water partition coefficient (Wildman–Crippen LogP) is 2.68. The van der Waals surface area contributed by atoms with Gasteiger partial charge >= 0.3 is 6.18 Å². The fraction of sp³-hybridized carbons (Fsp3) is 0.500. The molecule has 1 amide bonds. The molecular formula is C16H19F3N4O. The second-order valence-corrected chi connectivity index (χ2v) is 5.93. The first-order valence-electron chi connectivity index (χ1n) is 7.98. The molecule has 2 aromatic rings. The molecule has 1 aliphatic rings. The largest absolute Gasteiger partial charge is 0.416 e. The highest BCUT2D eigenvalue weighted by Gasteiger charge is 2.30. The van der Waals surface area contributed by atoms with Crippen LogP contribution in [-0.4, -0.2) is 40.4 Å². The molecule has 1 fully saturated rings. The highest BCUT2D eigenvalue weighted by atomic mass is 19.4. The molecule has 130 valence electrons. The van der Waals surface area contributed by atoms with E-state index in [1.807, 2.05) is 4.90 Å². The van der Waals surface area contributed by atoms with Gasteiger partial charge in [0.2, 0.25) is 5.91 Å². The number of hydrogen-bond acceptors (Lipinski definition) is 3. The molecule has 3 rings (SSSR count). The number of carbonyl (C=O) groups excluding carboxylic acids is 1. The van der Waals surface area contributed by atoms with Crippen LogP contribution in [0.1, 0.15) is 30.7 Å². The number of hydrogen-bond donors (Lipinski definition) is 2. The quantitative estimate of drug-likeness (QED) is 0.795. The number of nitrogens with zero attached hydrogens (tertiary/aromatic N) is 2. The first-order valence-corrected chi connectivity index (χ1v) is 7.98. The van der Waals surface area contributed by atoms with Gasteiger partial charge in [0.15, 0.2) is 0 Å². The van der Waals surface area contributed by atoms with Crippen LogP contribution in [-0.2, 0) is 17.5 Å². The molecule has 0 saturated carbocycles. The number of carbonyl (C=O) groups is 1. The minimum Gasteiger partial charge on any atom is -0.343 e. The van der Waals surface area contributed by atoms with E-state index in [0.717, 1.165) is 38.1 Å². The number of alkyl halides is 3. The zero-order chi connectivity index (χ0) is 17.2. The van der Waals surface area contributed by atoms with E-state index in [1.165, 1.54) is 6.07 Å². The minimum atomic E-state index is -4.36. The molecule has 0 bridgehead atoms. The molecule has 0 spiro atoms. The van der Waals surface area contributed by atoms with Crippen LogP contribution < -0.4 is 5.32 Å². The molecule has 0 atom stereocenters. The fourth-order valence-electron chi connectivity index (χ4n) is 2.86. The normalized spacial score (nSPS) is 15.6. The zero-order valence-electron chi connectivity index (χ0n) is 13.1. The summed E-state index contributed by atoms with van der Waals surface area (Å²) >= 11 is 0. The van der Waals surface area contributed by atoms with Crippen molar-refractivity contribution in [2.75, 3.05) is 19.6 Å². The van der Waals surface area contributed by atoms with Crippen molar-refractivity contribution >= 4 is 16.9 Å². The summed E-state index contributed by atoms with van der Waals surface area (Å²) in [6.07, 6.45) is -1.94. The Morgan fingerprint density at radius 2 is 2.17 bits per heavy atom. The third-order valence-electron chi connectivity index (χ3n) is 4.10. The van der Waals surface area contributed by atoms with Crippen molar-refractivity contribution < 1.29 is 18.0 Å². The van der Waals surface area contributed by atoms with Gasteiger partial charge in [0.25, 0.3) is 0 Å². The Kier molecular flexibility index (Phi) is 4.75. The van der Waals surface area contributed by atoms with Gasteiger partial charge in [-0.15, -0.1) is 0 Å². The van der Waals surface area contributed by atoms with Gasteiger partial charge in [0.1, 0.15) is 5.82 Å². The fourth-order valence-corrected chi connectivity index (χ4v) is 2.86. The van der Waals surface area contributed by atoms with Crippen molar-refractivity contribution in [3.63, 3.8) is 0 Å². The van der Waals surface area contributed by atoms with Crippen LogP contribution in [0.2, 0.25) is 0 Å². The SMILES string of the molecule is O=C1CCCN1CCCNCc1nc2ccc(C(F)(F)F)cc2[nH]1. The number of aromatic nitrogens is 2. The van der Waals surface area contributed by atoms with E-state index in [9.17, 15) is 18.0 Å². The summed E-state index contributed by atoms with van der Waals surface area (Å²) in [7, 11) is 0. The van der Waals surface area contributed by atoms with Gasteiger partial charge in [-0.25, -0.2) is 4.98 Å². The Bertz CT molecular complexity index is 726. The molecular weight excluding hydrogens is 321 g/mol.